The summed E-state index contributed by atoms with van der Waals surface area (Å²) in [5, 5.41) is 11.7. The van der Waals surface area contributed by atoms with Gasteiger partial charge in [-0.15, -0.1) is 0 Å². The van der Waals surface area contributed by atoms with Crippen LogP contribution in [-0.2, 0) is 38.6 Å². The zero-order chi connectivity index (χ0) is 29.6. The Balaban J connectivity index is 1.86. The summed E-state index contributed by atoms with van der Waals surface area (Å²) in [6.45, 7) is 4.51. The fraction of sp³-hybridized carbons (Fsp3) is 0.560. The standard InChI is InChI=1S/C25H31N3O11S/c1-24(2,3)39-23(31)26-14-15-20-17(38-25(15,13-19(29)36-4)21(26)22(30)37-5)10-8-12-27(20)40(34,35)18-11-7-6-9-16(18)28(32)33/h6-11,15,17,20-21H,12-14H2,1-5H3/t15-,17-,20-,21-,25+/m1/s1. The van der Waals surface area contributed by atoms with Crippen LogP contribution in [0.15, 0.2) is 41.3 Å². The molecule has 3 heterocycles. The summed E-state index contributed by atoms with van der Waals surface area (Å²) in [4.78, 5) is 50.6. The molecule has 40 heavy (non-hydrogen) atoms. The summed E-state index contributed by atoms with van der Waals surface area (Å²) < 4.78 is 50.7. The average Bonchev–Trinajstić information content (AvgIpc) is 3.37. The number of esters is 2. The fourth-order valence-electron chi connectivity index (χ4n) is 5.69. The first kappa shape index (κ1) is 29.4. The number of sulfonamides is 1. The third-order valence-electron chi connectivity index (χ3n) is 7.19. The molecule has 1 amide bonds. The van der Waals surface area contributed by atoms with Crippen LogP contribution in [0.5, 0.6) is 0 Å². The van der Waals surface area contributed by atoms with Crippen molar-refractivity contribution in [3.63, 3.8) is 0 Å². The molecular formula is C25H31N3O11S. The summed E-state index contributed by atoms with van der Waals surface area (Å²) in [5.74, 6) is -2.61. The molecule has 15 heteroatoms. The molecule has 0 N–H and O–H groups in total. The number of carbonyl (C=O) groups excluding carboxylic acids is 3. The van der Waals surface area contributed by atoms with Crippen LogP contribution in [0.25, 0.3) is 0 Å². The van der Waals surface area contributed by atoms with Crippen LogP contribution >= 0.6 is 0 Å². The van der Waals surface area contributed by atoms with Crippen molar-refractivity contribution in [2.24, 2.45) is 5.92 Å². The maximum atomic E-state index is 13.9. The number of likely N-dealkylation sites (tertiary alicyclic amines) is 1. The van der Waals surface area contributed by atoms with E-state index in [1.165, 1.54) is 18.2 Å². The molecule has 14 nitrogen and oxygen atoms in total. The van der Waals surface area contributed by atoms with Gasteiger partial charge in [-0.3, -0.25) is 19.8 Å². The Labute approximate surface area is 231 Å². The SMILES string of the molecule is COC(=O)C[C@]12O[C@@H]3C=CCN(S(=O)(=O)c4ccccc4[N+](=O)[O-])[C@@H]3[C@H]1CN(C(=O)OC(C)(C)C)[C@@H]2C(=O)OC. The summed E-state index contributed by atoms with van der Waals surface area (Å²) in [6, 6.07) is 2.43. The predicted molar refractivity (Wildman–Crippen MR) is 136 cm³/mol. The van der Waals surface area contributed by atoms with Gasteiger partial charge >= 0.3 is 18.0 Å². The summed E-state index contributed by atoms with van der Waals surface area (Å²) in [6.07, 6.45) is 0.793. The van der Waals surface area contributed by atoms with Crippen molar-refractivity contribution < 1.29 is 46.7 Å². The van der Waals surface area contributed by atoms with Gasteiger partial charge in [-0.05, 0) is 26.8 Å². The van der Waals surface area contributed by atoms with E-state index >= 15 is 0 Å². The Bertz CT molecular complexity index is 1360. The highest BCUT2D eigenvalue weighted by molar-refractivity contribution is 7.89. The monoisotopic (exact) mass is 581 g/mol. The number of ether oxygens (including phenoxy) is 4. The molecule has 3 aliphatic heterocycles. The molecule has 5 atom stereocenters. The molecule has 0 saturated carbocycles. The summed E-state index contributed by atoms with van der Waals surface area (Å²) in [7, 11) is -2.25. The van der Waals surface area contributed by atoms with Gasteiger partial charge in [0.2, 0.25) is 0 Å². The molecule has 1 aromatic rings. The summed E-state index contributed by atoms with van der Waals surface area (Å²) in [5.41, 5.74) is -3.30. The molecule has 2 saturated heterocycles. The van der Waals surface area contributed by atoms with Gasteiger partial charge in [0.25, 0.3) is 15.7 Å². The quantitative estimate of drug-likeness (QED) is 0.157. The highest BCUT2D eigenvalue weighted by Crippen LogP contribution is 2.53. The molecule has 0 spiro atoms. The second-order valence-electron chi connectivity index (χ2n) is 10.7. The molecule has 1 aromatic carbocycles. The lowest BCUT2D eigenvalue weighted by molar-refractivity contribution is -0.387. The van der Waals surface area contributed by atoms with E-state index in [1.807, 2.05) is 0 Å². The molecule has 0 radical (unpaired) electrons. The van der Waals surface area contributed by atoms with E-state index in [-0.39, 0.29) is 13.1 Å². The Kier molecular flexibility index (Phi) is 7.68. The lowest BCUT2D eigenvalue weighted by Gasteiger charge is -2.35. The van der Waals surface area contributed by atoms with Crippen molar-refractivity contribution >= 4 is 33.7 Å². The van der Waals surface area contributed by atoms with Crippen molar-refractivity contribution in [2.45, 2.75) is 61.5 Å². The number of nitrogens with zero attached hydrogens (tertiary/aromatic N) is 3. The zero-order valence-corrected chi connectivity index (χ0v) is 23.5. The molecule has 0 aromatic heterocycles. The van der Waals surface area contributed by atoms with E-state index in [1.54, 1.807) is 26.8 Å². The minimum absolute atomic E-state index is 0.168. The van der Waals surface area contributed by atoms with Gasteiger partial charge in [0.1, 0.15) is 11.2 Å². The van der Waals surface area contributed by atoms with Crippen molar-refractivity contribution in [1.82, 2.24) is 9.21 Å². The van der Waals surface area contributed by atoms with Crippen molar-refractivity contribution in [3.05, 3.63) is 46.5 Å². The molecular weight excluding hydrogens is 550 g/mol. The first-order valence-electron chi connectivity index (χ1n) is 12.4. The van der Waals surface area contributed by atoms with Crippen molar-refractivity contribution in [1.29, 1.82) is 0 Å². The number of nitro groups is 1. The molecule has 0 unspecified atom stereocenters. The first-order valence-corrected chi connectivity index (χ1v) is 13.9. The summed E-state index contributed by atoms with van der Waals surface area (Å²) >= 11 is 0. The van der Waals surface area contributed by atoms with Crippen LogP contribution in [0.4, 0.5) is 10.5 Å². The molecule has 218 valence electrons. The fourth-order valence-corrected chi connectivity index (χ4v) is 7.47. The van der Waals surface area contributed by atoms with E-state index in [0.717, 1.165) is 35.6 Å². The van der Waals surface area contributed by atoms with E-state index in [4.69, 9.17) is 18.9 Å². The van der Waals surface area contributed by atoms with Gasteiger partial charge in [-0.1, -0.05) is 24.3 Å². The minimum Gasteiger partial charge on any atom is -0.469 e. The normalized spacial score (nSPS) is 28.0. The van der Waals surface area contributed by atoms with Gasteiger partial charge in [0.05, 0.1) is 37.7 Å². The largest absolute Gasteiger partial charge is 0.469 e. The number of hydrogen-bond donors (Lipinski definition) is 0. The number of rotatable bonds is 6. The second kappa shape index (κ2) is 10.4. The van der Waals surface area contributed by atoms with E-state index in [2.05, 4.69) is 0 Å². The average molecular weight is 582 g/mol. The van der Waals surface area contributed by atoms with Crippen LogP contribution < -0.4 is 0 Å². The van der Waals surface area contributed by atoms with Crippen LogP contribution in [0.3, 0.4) is 0 Å². The van der Waals surface area contributed by atoms with E-state index in [9.17, 15) is 32.9 Å². The van der Waals surface area contributed by atoms with Gasteiger partial charge in [-0.2, -0.15) is 4.31 Å². The zero-order valence-electron chi connectivity index (χ0n) is 22.6. The molecule has 0 bridgehead atoms. The lowest BCUT2D eigenvalue weighted by Crippen LogP contribution is -2.55. The van der Waals surface area contributed by atoms with Gasteiger partial charge in [-0.25, -0.2) is 18.0 Å². The highest BCUT2D eigenvalue weighted by atomic mass is 32.2. The van der Waals surface area contributed by atoms with E-state index in [0.29, 0.717) is 0 Å². The maximum absolute atomic E-state index is 13.9. The van der Waals surface area contributed by atoms with Crippen LogP contribution in [0.2, 0.25) is 0 Å². The molecule has 0 aliphatic carbocycles. The van der Waals surface area contributed by atoms with Gasteiger partial charge in [0.15, 0.2) is 10.9 Å². The molecule has 2 fully saturated rings. The minimum atomic E-state index is -4.51. The Morgan fingerprint density at radius 2 is 1.85 bits per heavy atom. The Hall–Kier alpha value is -3.56. The highest BCUT2D eigenvalue weighted by Gasteiger charge is 2.71. The first-order chi connectivity index (χ1) is 18.7. The third kappa shape index (κ3) is 4.92. The maximum Gasteiger partial charge on any atom is 0.411 e. The topological polar surface area (TPSA) is 172 Å². The van der Waals surface area contributed by atoms with E-state index < -0.39 is 85.3 Å². The number of hydrogen-bond acceptors (Lipinski definition) is 11. The number of carbonyl (C=O) groups is 3. The number of fused-ring (bicyclic) bond motifs is 3. The predicted octanol–water partition coefficient (Wildman–Crippen LogP) is 1.63. The number of para-hydroxylation sites is 1. The number of amides is 1. The third-order valence-corrected chi connectivity index (χ3v) is 9.10. The Morgan fingerprint density at radius 1 is 1.18 bits per heavy atom. The Morgan fingerprint density at radius 3 is 2.45 bits per heavy atom. The van der Waals surface area contributed by atoms with Crippen LogP contribution in [0, 0.1) is 16.0 Å². The number of benzene rings is 1. The van der Waals surface area contributed by atoms with Gasteiger partial charge in [0, 0.05) is 25.1 Å². The van der Waals surface area contributed by atoms with Crippen molar-refractivity contribution in [3.8, 4) is 0 Å². The molecule has 4 rings (SSSR count). The number of methoxy groups -OCH3 is 2. The van der Waals surface area contributed by atoms with Crippen molar-refractivity contribution in [2.75, 3.05) is 27.3 Å². The number of nitro benzene ring substituents is 1. The lowest BCUT2D eigenvalue weighted by atomic mass is 9.79. The van der Waals surface area contributed by atoms with Gasteiger partial charge < -0.3 is 18.9 Å². The van der Waals surface area contributed by atoms with Crippen LogP contribution in [-0.4, -0.2) is 97.3 Å². The smallest absolute Gasteiger partial charge is 0.411 e. The molecule has 3 aliphatic rings. The second-order valence-corrected chi connectivity index (χ2v) is 12.5. The van der Waals surface area contributed by atoms with Crippen LogP contribution in [0.1, 0.15) is 27.2 Å².